The summed E-state index contributed by atoms with van der Waals surface area (Å²) in [7, 11) is 1.90. The van der Waals surface area contributed by atoms with Crippen molar-refractivity contribution in [3.8, 4) is 5.69 Å². The van der Waals surface area contributed by atoms with Crippen LogP contribution in [0.4, 0.5) is 5.69 Å². The highest BCUT2D eigenvalue weighted by Gasteiger charge is 2.03. The Balaban J connectivity index is 2.43. The molecule has 0 aliphatic heterocycles. The molecule has 0 unspecified atom stereocenters. The molecule has 2 rings (SSSR count). The number of nitrogens with zero attached hydrogens (tertiary/aromatic N) is 2. The van der Waals surface area contributed by atoms with E-state index < -0.39 is 0 Å². The first kappa shape index (κ1) is 8.81. The monoisotopic (exact) mass is 187 g/mol. The van der Waals surface area contributed by atoms with Crippen molar-refractivity contribution in [3.63, 3.8) is 0 Å². The van der Waals surface area contributed by atoms with Gasteiger partial charge in [-0.2, -0.15) is 5.10 Å². The minimum absolute atomic E-state index is 1.01. The maximum atomic E-state index is 4.41. The maximum absolute atomic E-state index is 4.41. The number of nitrogens with one attached hydrogen (secondary N) is 1. The highest BCUT2D eigenvalue weighted by molar-refractivity contribution is 5.47. The Labute approximate surface area is 83.4 Å². The van der Waals surface area contributed by atoms with Crippen molar-refractivity contribution >= 4 is 5.69 Å². The summed E-state index contributed by atoms with van der Waals surface area (Å²) in [6, 6.07) is 10.1. The fourth-order valence-corrected chi connectivity index (χ4v) is 1.42. The Bertz CT molecular complexity index is 417. The van der Waals surface area contributed by atoms with Crippen molar-refractivity contribution in [1.29, 1.82) is 0 Å². The maximum Gasteiger partial charge on any atom is 0.0829 e. The Hall–Kier alpha value is -1.77. The van der Waals surface area contributed by atoms with E-state index in [0.717, 1.165) is 17.1 Å². The van der Waals surface area contributed by atoms with Crippen LogP contribution < -0.4 is 5.32 Å². The van der Waals surface area contributed by atoms with Crippen LogP contribution in [0.15, 0.2) is 36.5 Å². The molecular formula is C11H13N3. The van der Waals surface area contributed by atoms with Crippen LogP contribution in [0.25, 0.3) is 5.69 Å². The van der Waals surface area contributed by atoms with Crippen molar-refractivity contribution in [2.45, 2.75) is 6.92 Å². The van der Waals surface area contributed by atoms with Gasteiger partial charge in [0.25, 0.3) is 0 Å². The van der Waals surface area contributed by atoms with E-state index in [-0.39, 0.29) is 0 Å². The van der Waals surface area contributed by atoms with Crippen LogP contribution in [0.2, 0.25) is 0 Å². The Kier molecular flexibility index (Phi) is 2.23. The first-order valence-electron chi connectivity index (χ1n) is 4.60. The first-order valence-corrected chi connectivity index (χ1v) is 4.60. The zero-order valence-electron chi connectivity index (χ0n) is 8.36. The summed E-state index contributed by atoms with van der Waals surface area (Å²) in [4.78, 5) is 0. The van der Waals surface area contributed by atoms with Gasteiger partial charge in [-0.3, -0.25) is 0 Å². The van der Waals surface area contributed by atoms with Crippen molar-refractivity contribution in [3.05, 3.63) is 42.2 Å². The number of rotatable bonds is 2. The molecule has 0 saturated carbocycles. The van der Waals surface area contributed by atoms with Gasteiger partial charge in [-0.25, -0.2) is 4.68 Å². The van der Waals surface area contributed by atoms with Gasteiger partial charge in [0.1, 0.15) is 0 Å². The summed E-state index contributed by atoms with van der Waals surface area (Å²) in [6.07, 6.45) is 1.99. The van der Waals surface area contributed by atoms with Gasteiger partial charge < -0.3 is 5.32 Å². The van der Waals surface area contributed by atoms with E-state index in [9.17, 15) is 0 Å². The number of aromatic nitrogens is 2. The molecule has 0 spiro atoms. The van der Waals surface area contributed by atoms with Crippen LogP contribution in [0, 0.1) is 6.92 Å². The van der Waals surface area contributed by atoms with Gasteiger partial charge in [-0.05, 0) is 19.1 Å². The van der Waals surface area contributed by atoms with Crippen LogP contribution in [-0.2, 0) is 0 Å². The van der Waals surface area contributed by atoms with Gasteiger partial charge in [0.05, 0.1) is 23.3 Å². The highest BCUT2D eigenvalue weighted by atomic mass is 15.3. The van der Waals surface area contributed by atoms with Crippen LogP contribution in [0.5, 0.6) is 0 Å². The number of hydrogen-bond acceptors (Lipinski definition) is 2. The number of anilines is 1. The summed E-state index contributed by atoms with van der Waals surface area (Å²) in [5.74, 6) is 0. The zero-order valence-corrected chi connectivity index (χ0v) is 8.36. The third-order valence-corrected chi connectivity index (χ3v) is 2.19. The van der Waals surface area contributed by atoms with Gasteiger partial charge in [0, 0.05) is 7.05 Å². The predicted octanol–water partition coefficient (Wildman–Crippen LogP) is 2.22. The third kappa shape index (κ3) is 1.48. The second-order valence-corrected chi connectivity index (χ2v) is 3.16. The fourth-order valence-electron chi connectivity index (χ4n) is 1.42. The molecule has 0 fully saturated rings. The topological polar surface area (TPSA) is 29.9 Å². The molecule has 1 N–H and O–H groups in total. The summed E-state index contributed by atoms with van der Waals surface area (Å²) in [6.45, 7) is 1.99. The van der Waals surface area contributed by atoms with E-state index in [1.807, 2.05) is 55.2 Å². The highest BCUT2D eigenvalue weighted by Crippen LogP contribution is 2.15. The zero-order chi connectivity index (χ0) is 9.97. The summed E-state index contributed by atoms with van der Waals surface area (Å²) in [5, 5.41) is 7.51. The van der Waals surface area contributed by atoms with Gasteiger partial charge in [-0.1, -0.05) is 18.2 Å². The van der Waals surface area contributed by atoms with Crippen molar-refractivity contribution in [2.24, 2.45) is 0 Å². The molecule has 3 nitrogen and oxygen atoms in total. The number of hydrogen-bond donors (Lipinski definition) is 1. The second-order valence-electron chi connectivity index (χ2n) is 3.16. The van der Waals surface area contributed by atoms with Crippen LogP contribution in [0.1, 0.15) is 5.69 Å². The summed E-state index contributed by atoms with van der Waals surface area (Å²) < 4.78 is 1.88. The molecular weight excluding hydrogens is 174 g/mol. The van der Waals surface area contributed by atoms with Gasteiger partial charge >= 0.3 is 0 Å². The molecule has 0 amide bonds. The lowest BCUT2D eigenvalue weighted by molar-refractivity contribution is 0.863. The lowest BCUT2D eigenvalue weighted by atomic mass is 10.3. The minimum Gasteiger partial charge on any atom is -0.385 e. The Morgan fingerprint density at radius 2 is 1.93 bits per heavy atom. The largest absolute Gasteiger partial charge is 0.385 e. The SMILES string of the molecule is CNc1cn(-c2ccccc2)nc1C. The van der Waals surface area contributed by atoms with E-state index in [2.05, 4.69) is 10.4 Å². The van der Waals surface area contributed by atoms with Gasteiger partial charge in [0.15, 0.2) is 0 Å². The molecule has 72 valence electrons. The molecule has 0 saturated heterocycles. The molecule has 0 aliphatic rings. The Morgan fingerprint density at radius 3 is 2.50 bits per heavy atom. The average Bonchev–Trinajstić information content (AvgIpc) is 2.61. The lowest BCUT2D eigenvalue weighted by Crippen LogP contribution is -1.93. The van der Waals surface area contributed by atoms with Crippen molar-refractivity contribution in [1.82, 2.24) is 9.78 Å². The van der Waals surface area contributed by atoms with Crippen LogP contribution in [0.3, 0.4) is 0 Å². The Morgan fingerprint density at radius 1 is 1.21 bits per heavy atom. The van der Waals surface area contributed by atoms with E-state index in [1.165, 1.54) is 0 Å². The molecule has 14 heavy (non-hydrogen) atoms. The first-order chi connectivity index (χ1) is 6.81. The van der Waals surface area contributed by atoms with E-state index in [4.69, 9.17) is 0 Å². The number of para-hydroxylation sites is 1. The lowest BCUT2D eigenvalue weighted by Gasteiger charge is -1.98. The molecule has 0 atom stereocenters. The van der Waals surface area contributed by atoms with E-state index >= 15 is 0 Å². The molecule has 1 heterocycles. The van der Waals surface area contributed by atoms with Crippen LogP contribution in [-0.4, -0.2) is 16.8 Å². The second kappa shape index (κ2) is 3.54. The van der Waals surface area contributed by atoms with E-state index in [0.29, 0.717) is 0 Å². The van der Waals surface area contributed by atoms with Crippen molar-refractivity contribution in [2.75, 3.05) is 12.4 Å². The van der Waals surface area contributed by atoms with E-state index in [1.54, 1.807) is 0 Å². The molecule has 1 aromatic carbocycles. The van der Waals surface area contributed by atoms with Gasteiger partial charge in [-0.15, -0.1) is 0 Å². The molecule has 1 aromatic heterocycles. The van der Waals surface area contributed by atoms with Crippen molar-refractivity contribution < 1.29 is 0 Å². The molecule has 0 aliphatic carbocycles. The summed E-state index contributed by atoms with van der Waals surface area (Å²) >= 11 is 0. The standard InChI is InChI=1S/C11H13N3/c1-9-11(12-2)8-14(13-9)10-6-4-3-5-7-10/h3-8,12H,1-2H3. The normalized spacial score (nSPS) is 10.1. The third-order valence-electron chi connectivity index (χ3n) is 2.19. The smallest absolute Gasteiger partial charge is 0.0829 e. The minimum atomic E-state index is 1.01. The molecule has 3 heteroatoms. The predicted molar refractivity (Wildman–Crippen MR) is 57.8 cm³/mol. The average molecular weight is 187 g/mol. The number of aryl methyl sites for hydroxylation is 1. The molecule has 0 bridgehead atoms. The summed E-state index contributed by atoms with van der Waals surface area (Å²) in [5.41, 5.74) is 3.15. The fraction of sp³-hybridized carbons (Fsp3) is 0.182. The molecule has 2 aromatic rings. The van der Waals surface area contributed by atoms with Gasteiger partial charge in [0.2, 0.25) is 0 Å². The molecule has 0 radical (unpaired) electrons. The quantitative estimate of drug-likeness (QED) is 0.781. The van der Waals surface area contributed by atoms with Crippen LogP contribution >= 0.6 is 0 Å². The number of benzene rings is 1.